The molecule has 0 bridgehead atoms. The molecular formula is C24H24N6O2. The van der Waals surface area contributed by atoms with Gasteiger partial charge in [0.25, 0.3) is 0 Å². The highest BCUT2D eigenvalue weighted by Gasteiger charge is 2.20. The lowest BCUT2D eigenvalue weighted by Gasteiger charge is -2.28. The second kappa shape index (κ2) is 9.22. The number of benzene rings is 2. The lowest BCUT2D eigenvalue weighted by Crippen LogP contribution is -2.50. The van der Waals surface area contributed by atoms with E-state index < -0.39 is 0 Å². The van der Waals surface area contributed by atoms with Crippen molar-refractivity contribution in [1.29, 1.82) is 5.26 Å². The summed E-state index contributed by atoms with van der Waals surface area (Å²) in [7, 11) is 0. The number of morpholine rings is 1. The zero-order valence-corrected chi connectivity index (χ0v) is 17.6. The van der Waals surface area contributed by atoms with E-state index in [0.717, 1.165) is 56.3 Å². The minimum Gasteiger partial charge on any atom is -0.486 e. The van der Waals surface area contributed by atoms with Crippen molar-refractivity contribution in [2.24, 2.45) is 0 Å². The second-order valence-corrected chi connectivity index (χ2v) is 7.76. The third-order valence-electron chi connectivity index (χ3n) is 5.59. The zero-order valence-electron chi connectivity index (χ0n) is 17.6. The van der Waals surface area contributed by atoms with Crippen LogP contribution in [-0.2, 0) is 4.74 Å². The van der Waals surface area contributed by atoms with E-state index in [1.165, 1.54) is 5.69 Å². The highest BCUT2D eigenvalue weighted by atomic mass is 16.5. The quantitative estimate of drug-likeness (QED) is 0.619. The molecule has 2 N–H and O–H groups in total. The van der Waals surface area contributed by atoms with Gasteiger partial charge < -0.3 is 25.0 Å². The average Bonchev–Trinajstić information content (AvgIpc) is 2.82. The summed E-state index contributed by atoms with van der Waals surface area (Å²) < 4.78 is 11.3. The number of anilines is 3. The van der Waals surface area contributed by atoms with Gasteiger partial charge in [0.2, 0.25) is 5.95 Å². The number of nitrogens with zero attached hydrogens (tertiary/aromatic N) is 4. The average molecular weight is 428 g/mol. The number of hydrogen-bond donors (Lipinski definition) is 2. The maximum atomic E-state index is 9.56. The molecule has 2 saturated heterocycles. The van der Waals surface area contributed by atoms with E-state index in [4.69, 9.17) is 9.47 Å². The molecule has 0 radical (unpaired) electrons. The predicted octanol–water partition coefficient (Wildman–Crippen LogP) is 2.95. The van der Waals surface area contributed by atoms with E-state index in [1.807, 2.05) is 36.4 Å². The normalized spacial score (nSPS) is 16.2. The first kappa shape index (κ1) is 20.2. The van der Waals surface area contributed by atoms with Crippen molar-refractivity contribution in [3.05, 3.63) is 60.3 Å². The molecule has 0 unspecified atom stereocenters. The zero-order chi connectivity index (χ0) is 21.8. The predicted molar refractivity (Wildman–Crippen MR) is 122 cm³/mol. The first-order valence-electron chi connectivity index (χ1n) is 10.7. The Morgan fingerprint density at radius 2 is 1.91 bits per heavy atom. The maximum absolute atomic E-state index is 9.56. The summed E-state index contributed by atoms with van der Waals surface area (Å²) in [6, 6.07) is 17.9. The van der Waals surface area contributed by atoms with Crippen LogP contribution in [0.1, 0.15) is 5.56 Å². The summed E-state index contributed by atoms with van der Waals surface area (Å²) in [6.07, 6.45) is 1.83. The molecule has 5 rings (SSSR count). The smallest absolute Gasteiger partial charge is 0.227 e. The van der Waals surface area contributed by atoms with Gasteiger partial charge >= 0.3 is 0 Å². The fourth-order valence-corrected chi connectivity index (χ4v) is 3.69. The monoisotopic (exact) mass is 428 g/mol. The molecule has 0 aliphatic carbocycles. The molecule has 1 aromatic heterocycles. The van der Waals surface area contributed by atoms with Crippen molar-refractivity contribution >= 4 is 17.3 Å². The van der Waals surface area contributed by atoms with Gasteiger partial charge in [-0.2, -0.15) is 5.26 Å². The number of hydrogen-bond acceptors (Lipinski definition) is 8. The molecule has 32 heavy (non-hydrogen) atoms. The van der Waals surface area contributed by atoms with Crippen LogP contribution in [-0.4, -0.2) is 55.5 Å². The summed E-state index contributed by atoms with van der Waals surface area (Å²) in [5.74, 6) is 1.11. The van der Waals surface area contributed by atoms with Crippen molar-refractivity contribution < 1.29 is 9.47 Å². The molecule has 2 fully saturated rings. The molecule has 0 saturated carbocycles. The number of rotatable bonds is 6. The lowest BCUT2D eigenvalue weighted by atomic mass is 10.1. The SMILES string of the molecule is N#Cc1cc(-c2ccnc(Nc3ccc(N4CCOCC4)cc3)n2)ccc1OC1CNC1. The Morgan fingerprint density at radius 1 is 1.09 bits per heavy atom. The Kier molecular flexibility index (Phi) is 5.83. The van der Waals surface area contributed by atoms with E-state index in [2.05, 4.69) is 43.7 Å². The Hall–Kier alpha value is -3.67. The van der Waals surface area contributed by atoms with Gasteiger partial charge in [-0.15, -0.1) is 0 Å². The molecule has 2 aromatic carbocycles. The second-order valence-electron chi connectivity index (χ2n) is 7.76. The largest absolute Gasteiger partial charge is 0.486 e. The van der Waals surface area contributed by atoms with Crippen LogP contribution >= 0.6 is 0 Å². The highest BCUT2D eigenvalue weighted by Crippen LogP contribution is 2.27. The Balaban J connectivity index is 1.30. The summed E-state index contributed by atoms with van der Waals surface area (Å²) >= 11 is 0. The van der Waals surface area contributed by atoms with Crippen LogP contribution in [0.25, 0.3) is 11.3 Å². The molecule has 8 heteroatoms. The van der Waals surface area contributed by atoms with Crippen molar-refractivity contribution in [2.45, 2.75) is 6.10 Å². The van der Waals surface area contributed by atoms with E-state index in [-0.39, 0.29) is 6.10 Å². The van der Waals surface area contributed by atoms with Gasteiger partial charge in [-0.25, -0.2) is 9.97 Å². The Morgan fingerprint density at radius 3 is 2.62 bits per heavy atom. The Labute approximate surface area is 186 Å². The number of ether oxygens (including phenoxy) is 2. The molecule has 2 aliphatic heterocycles. The summed E-state index contributed by atoms with van der Waals surface area (Å²) in [4.78, 5) is 11.3. The molecule has 0 atom stereocenters. The highest BCUT2D eigenvalue weighted by molar-refractivity contribution is 5.66. The first-order chi connectivity index (χ1) is 15.8. The van der Waals surface area contributed by atoms with Crippen molar-refractivity contribution in [2.75, 3.05) is 49.6 Å². The third-order valence-corrected chi connectivity index (χ3v) is 5.59. The van der Waals surface area contributed by atoms with Gasteiger partial charge in [-0.3, -0.25) is 0 Å². The van der Waals surface area contributed by atoms with Crippen molar-refractivity contribution in [1.82, 2.24) is 15.3 Å². The molecule has 3 aromatic rings. The van der Waals surface area contributed by atoms with Crippen LogP contribution in [0.5, 0.6) is 5.75 Å². The van der Waals surface area contributed by atoms with Crippen molar-refractivity contribution in [3.8, 4) is 23.1 Å². The summed E-state index contributed by atoms with van der Waals surface area (Å²) in [5, 5.41) is 16.0. The van der Waals surface area contributed by atoms with E-state index in [9.17, 15) is 5.26 Å². The van der Waals surface area contributed by atoms with E-state index in [0.29, 0.717) is 17.3 Å². The number of nitriles is 1. The topological polar surface area (TPSA) is 95.3 Å². The molecule has 0 amide bonds. The third kappa shape index (κ3) is 4.49. The molecule has 162 valence electrons. The van der Waals surface area contributed by atoms with Crippen molar-refractivity contribution in [3.63, 3.8) is 0 Å². The van der Waals surface area contributed by atoms with Crippen LogP contribution in [0.3, 0.4) is 0 Å². The van der Waals surface area contributed by atoms with Crippen LogP contribution in [0.4, 0.5) is 17.3 Å². The number of nitrogens with one attached hydrogen (secondary N) is 2. The van der Waals surface area contributed by atoms with Crippen LogP contribution in [0.15, 0.2) is 54.7 Å². The van der Waals surface area contributed by atoms with E-state index >= 15 is 0 Å². The van der Waals surface area contributed by atoms with Crippen LogP contribution < -0.4 is 20.3 Å². The minimum atomic E-state index is 0.123. The van der Waals surface area contributed by atoms with Crippen LogP contribution in [0.2, 0.25) is 0 Å². The van der Waals surface area contributed by atoms with Crippen LogP contribution in [0, 0.1) is 11.3 Å². The standard InChI is InChI=1S/C24H24N6O2/c25-14-18-13-17(1-6-23(18)32-21-15-26-16-21)22-7-8-27-24(29-22)28-19-2-4-20(5-3-19)30-9-11-31-12-10-30/h1-8,13,21,26H,9-12,15-16H2,(H,27,28,29). The maximum Gasteiger partial charge on any atom is 0.227 e. The minimum absolute atomic E-state index is 0.123. The summed E-state index contributed by atoms with van der Waals surface area (Å²) in [6.45, 7) is 4.95. The first-order valence-corrected chi connectivity index (χ1v) is 10.7. The van der Waals surface area contributed by atoms with Gasteiger partial charge in [0, 0.05) is 49.3 Å². The molecule has 0 spiro atoms. The Bertz CT molecular complexity index is 1120. The summed E-state index contributed by atoms with van der Waals surface area (Å²) in [5.41, 5.74) is 4.17. The van der Waals surface area contributed by atoms with E-state index in [1.54, 1.807) is 6.20 Å². The fraction of sp³-hybridized carbons (Fsp3) is 0.292. The van der Waals surface area contributed by atoms with Gasteiger partial charge in [-0.1, -0.05) is 0 Å². The molecule has 2 aliphatic rings. The fourth-order valence-electron chi connectivity index (χ4n) is 3.69. The lowest BCUT2D eigenvalue weighted by molar-refractivity contribution is 0.122. The van der Waals surface area contributed by atoms with Gasteiger partial charge in [0.05, 0.1) is 24.5 Å². The van der Waals surface area contributed by atoms with Gasteiger partial charge in [-0.05, 0) is 48.5 Å². The molecule has 3 heterocycles. The van der Waals surface area contributed by atoms with Gasteiger partial charge in [0.15, 0.2) is 0 Å². The number of aromatic nitrogens is 2. The molecular weight excluding hydrogens is 404 g/mol. The van der Waals surface area contributed by atoms with Gasteiger partial charge in [0.1, 0.15) is 17.9 Å². The molecule has 8 nitrogen and oxygen atoms in total.